The summed E-state index contributed by atoms with van der Waals surface area (Å²) in [7, 11) is 1.63. The minimum atomic E-state index is -0.706. The Labute approximate surface area is 197 Å². The van der Waals surface area contributed by atoms with E-state index in [-0.39, 0.29) is 18.1 Å². The van der Waals surface area contributed by atoms with Gasteiger partial charge in [0.15, 0.2) is 0 Å². The second kappa shape index (κ2) is 9.18. The zero-order valence-electron chi connectivity index (χ0n) is 18.3. The predicted molar refractivity (Wildman–Crippen MR) is 121 cm³/mol. The van der Waals surface area contributed by atoms with Gasteiger partial charge >= 0.3 is 0 Å². The Morgan fingerprint density at radius 2 is 1.97 bits per heavy atom. The fourth-order valence-electron chi connectivity index (χ4n) is 3.93. The van der Waals surface area contributed by atoms with E-state index in [4.69, 9.17) is 17.3 Å². The van der Waals surface area contributed by atoms with Crippen molar-refractivity contribution in [3.63, 3.8) is 0 Å². The number of nitrogens with zero attached hydrogens (tertiary/aromatic N) is 4. The highest BCUT2D eigenvalue weighted by atomic mass is 35.5. The molecule has 12 heteroatoms. The Kier molecular flexibility index (Phi) is 6.29. The summed E-state index contributed by atoms with van der Waals surface area (Å²) in [5, 5.41) is 4.43. The van der Waals surface area contributed by atoms with Crippen LogP contribution in [-0.2, 0) is 0 Å². The predicted octanol–water partition coefficient (Wildman–Crippen LogP) is 0.534. The summed E-state index contributed by atoms with van der Waals surface area (Å²) in [5.41, 5.74) is 7.89. The number of nitrogens with one attached hydrogen (secondary N) is 2. The molecule has 0 bridgehead atoms. The van der Waals surface area contributed by atoms with E-state index in [0.29, 0.717) is 34.0 Å². The molecular weight excluding hydrogens is 468 g/mol. The van der Waals surface area contributed by atoms with Gasteiger partial charge in [0.2, 0.25) is 11.5 Å². The lowest BCUT2D eigenvalue weighted by Crippen LogP contribution is -2.69. The minimum Gasteiger partial charge on any atom is -0.400 e. The SMILES string of the molecule is C[NH+]=C(C1=C(N)[C@@H](C)N(C(=O)c2ncn(-c3cc(Cl)c[nH]c3=O)n2)CC1)c1cc(F)cc(F)c1. The third-order valence-corrected chi connectivity index (χ3v) is 5.83. The van der Waals surface area contributed by atoms with Crippen LogP contribution in [0.25, 0.3) is 5.69 Å². The maximum Gasteiger partial charge on any atom is 0.294 e. The fourth-order valence-corrected chi connectivity index (χ4v) is 4.08. The number of benzene rings is 1. The van der Waals surface area contributed by atoms with Gasteiger partial charge < -0.3 is 15.6 Å². The zero-order chi connectivity index (χ0) is 24.6. The summed E-state index contributed by atoms with van der Waals surface area (Å²) in [6.07, 6.45) is 2.93. The Bertz CT molecular complexity index is 1380. The molecular formula is C22H21ClF2N7O2+. The number of halogens is 3. The van der Waals surface area contributed by atoms with Crippen LogP contribution in [0.15, 0.2) is 52.9 Å². The van der Waals surface area contributed by atoms with Crippen molar-refractivity contribution < 1.29 is 18.6 Å². The van der Waals surface area contributed by atoms with Gasteiger partial charge in [-0.3, -0.25) is 9.59 Å². The second-order valence-corrected chi connectivity index (χ2v) is 8.12. The van der Waals surface area contributed by atoms with Crippen LogP contribution in [0, 0.1) is 11.6 Å². The third kappa shape index (κ3) is 4.34. The summed E-state index contributed by atoms with van der Waals surface area (Å²) >= 11 is 5.93. The molecule has 1 aromatic carbocycles. The first kappa shape index (κ1) is 23.3. The van der Waals surface area contributed by atoms with Crippen molar-refractivity contribution in [2.45, 2.75) is 19.4 Å². The molecule has 3 heterocycles. The number of carbonyl (C=O) groups excluding carboxylic acids is 1. The van der Waals surface area contributed by atoms with E-state index in [1.165, 1.54) is 40.3 Å². The van der Waals surface area contributed by atoms with Crippen molar-refractivity contribution >= 4 is 23.2 Å². The van der Waals surface area contributed by atoms with Crippen LogP contribution < -0.4 is 16.3 Å². The molecule has 34 heavy (non-hydrogen) atoms. The topological polar surface area (TPSA) is 124 Å². The number of hydrogen-bond donors (Lipinski definition) is 3. The fraction of sp³-hybridized carbons (Fsp3) is 0.227. The van der Waals surface area contributed by atoms with Crippen LogP contribution in [0.2, 0.25) is 5.02 Å². The lowest BCUT2D eigenvalue weighted by molar-refractivity contribution is -0.418. The van der Waals surface area contributed by atoms with Gasteiger partial charge in [-0.15, -0.1) is 5.10 Å². The highest BCUT2D eigenvalue weighted by molar-refractivity contribution is 6.30. The summed E-state index contributed by atoms with van der Waals surface area (Å²) in [6, 6.07) is 4.09. The molecule has 9 nitrogen and oxygen atoms in total. The van der Waals surface area contributed by atoms with Gasteiger partial charge in [0, 0.05) is 30.1 Å². The standard InChI is InChI=1S/C22H20ClF2N7O2/c1-11-18(26)16(19(27-2)12-5-14(24)8-15(25)6-12)3-4-31(11)22(34)20-29-10-32(30-20)17-7-13(23)9-28-21(17)33/h5-11H,3-4,26H2,1-2H3,(H,28,33)/p+1/t11-/m1/s1. The average molecular weight is 489 g/mol. The number of rotatable bonds is 4. The van der Waals surface area contributed by atoms with Crippen molar-refractivity contribution in [3.8, 4) is 5.69 Å². The normalized spacial score (nSPS) is 16.8. The van der Waals surface area contributed by atoms with E-state index in [0.717, 1.165) is 6.07 Å². The molecule has 1 aliphatic rings. The number of hydrogen-bond acceptors (Lipinski definition) is 5. The number of pyridine rings is 1. The average Bonchev–Trinajstić information content (AvgIpc) is 3.28. The van der Waals surface area contributed by atoms with Crippen LogP contribution in [0.4, 0.5) is 8.78 Å². The molecule has 0 aliphatic carbocycles. The molecule has 4 N–H and O–H groups in total. The van der Waals surface area contributed by atoms with E-state index in [2.05, 4.69) is 20.1 Å². The van der Waals surface area contributed by atoms with Crippen LogP contribution in [0.5, 0.6) is 0 Å². The molecule has 0 fully saturated rings. The van der Waals surface area contributed by atoms with Gasteiger partial charge in [-0.05, 0) is 31.5 Å². The first-order chi connectivity index (χ1) is 16.2. The lowest BCUT2D eigenvalue weighted by Gasteiger charge is -2.34. The number of aromatic nitrogens is 4. The Morgan fingerprint density at radius 3 is 2.65 bits per heavy atom. The Hall–Kier alpha value is -3.86. The molecule has 176 valence electrons. The summed E-state index contributed by atoms with van der Waals surface area (Å²) in [5.74, 6) is -2.01. The maximum absolute atomic E-state index is 13.8. The van der Waals surface area contributed by atoms with Gasteiger partial charge in [0.25, 0.3) is 11.5 Å². The quantitative estimate of drug-likeness (QED) is 0.462. The minimum absolute atomic E-state index is 0.114. The van der Waals surface area contributed by atoms with Crippen molar-refractivity contribution in [3.05, 3.63) is 86.5 Å². The van der Waals surface area contributed by atoms with Gasteiger partial charge in [-0.2, -0.15) is 0 Å². The summed E-state index contributed by atoms with van der Waals surface area (Å²) < 4.78 is 28.7. The van der Waals surface area contributed by atoms with Crippen molar-refractivity contribution in [1.82, 2.24) is 24.6 Å². The van der Waals surface area contributed by atoms with E-state index < -0.39 is 29.1 Å². The zero-order valence-corrected chi connectivity index (χ0v) is 19.0. The van der Waals surface area contributed by atoms with Gasteiger partial charge in [0.1, 0.15) is 30.7 Å². The maximum atomic E-state index is 13.8. The van der Waals surface area contributed by atoms with Crippen LogP contribution in [0.3, 0.4) is 0 Å². The van der Waals surface area contributed by atoms with E-state index >= 15 is 0 Å². The number of nitrogens with two attached hydrogens (primary N) is 1. The van der Waals surface area contributed by atoms with E-state index in [1.54, 1.807) is 14.0 Å². The number of carbonyl (C=O) groups is 1. The van der Waals surface area contributed by atoms with E-state index in [1.807, 2.05) is 0 Å². The number of amides is 1. The molecule has 0 saturated heterocycles. The first-order valence-electron chi connectivity index (χ1n) is 10.3. The largest absolute Gasteiger partial charge is 0.400 e. The van der Waals surface area contributed by atoms with Crippen molar-refractivity contribution in [2.24, 2.45) is 5.73 Å². The summed E-state index contributed by atoms with van der Waals surface area (Å²) in [6.45, 7) is 2.01. The summed E-state index contributed by atoms with van der Waals surface area (Å²) in [4.78, 5) is 36.2. The monoisotopic (exact) mass is 488 g/mol. The molecule has 1 amide bonds. The molecule has 3 aromatic rings. The molecule has 1 atom stereocenters. The highest BCUT2D eigenvalue weighted by Crippen LogP contribution is 2.25. The van der Waals surface area contributed by atoms with Gasteiger partial charge in [-0.25, -0.2) is 23.4 Å². The second-order valence-electron chi connectivity index (χ2n) is 7.69. The third-order valence-electron chi connectivity index (χ3n) is 5.61. The molecule has 0 unspecified atom stereocenters. The molecule has 0 saturated carbocycles. The van der Waals surface area contributed by atoms with Crippen LogP contribution >= 0.6 is 11.6 Å². The van der Waals surface area contributed by atoms with Crippen LogP contribution in [-0.4, -0.2) is 55.9 Å². The lowest BCUT2D eigenvalue weighted by atomic mass is 9.91. The van der Waals surface area contributed by atoms with Gasteiger partial charge in [0.05, 0.1) is 16.6 Å². The van der Waals surface area contributed by atoms with Gasteiger partial charge in [-0.1, -0.05) is 11.6 Å². The number of aromatic amines is 1. The molecule has 0 radical (unpaired) electrons. The molecule has 1 aliphatic heterocycles. The van der Waals surface area contributed by atoms with Crippen molar-refractivity contribution in [2.75, 3.05) is 13.6 Å². The molecule has 2 aromatic heterocycles. The van der Waals surface area contributed by atoms with Crippen molar-refractivity contribution in [1.29, 1.82) is 0 Å². The highest BCUT2D eigenvalue weighted by Gasteiger charge is 2.34. The van der Waals surface area contributed by atoms with Crippen LogP contribution in [0.1, 0.15) is 29.5 Å². The Balaban J connectivity index is 1.61. The smallest absolute Gasteiger partial charge is 0.294 e. The molecule has 4 rings (SSSR count). The Morgan fingerprint density at radius 1 is 1.26 bits per heavy atom. The molecule has 0 spiro atoms. The number of H-pyrrole nitrogens is 1. The first-order valence-corrected chi connectivity index (χ1v) is 10.7. The van der Waals surface area contributed by atoms with E-state index in [9.17, 15) is 18.4 Å².